The third kappa shape index (κ3) is 4.92. The molecule has 0 bridgehead atoms. The van der Waals surface area contributed by atoms with Gasteiger partial charge in [-0.2, -0.15) is 0 Å². The lowest BCUT2D eigenvalue weighted by Crippen LogP contribution is -2.46. The minimum atomic E-state index is -1.03. The smallest absolute Gasteiger partial charge is 0.455 e. The number of aromatic nitrogens is 1. The van der Waals surface area contributed by atoms with E-state index in [1.807, 2.05) is 38.1 Å². The molecule has 0 unspecified atom stereocenters. The zero-order chi connectivity index (χ0) is 27.0. The molecule has 3 heterocycles. The zero-order valence-corrected chi connectivity index (χ0v) is 21.6. The molecule has 2 aliphatic heterocycles. The van der Waals surface area contributed by atoms with E-state index in [0.29, 0.717) is 44.1 Å². The van der Waals surface area contributed by atoms with Crippen molar-refractivity contribution in [3.63, 3.8) is 0 Å². The summed E-state index contributed by atoms with van der Waals surface area (Å²) in [7, 11) is -1.03. The van der Waals surface area contributed by atoms with Crippen LogP contribution in [0, 0.1) is 23.6 Å². The summed E-state index contributed by atoms with van der Waals surface area (Å²) in [6.07, 6.45) is 5.66. The van der Waals surface area contributed by atoms with Crippen LogP contribution >= 0.6 is 0 Å². The van der Waals surface area contributed by atoms with Gasteiger partial charge in [-0.15, -0.1) is 0 Å². The van der Waals surface area contributed by atoms with E-state index in [4.69, 9.17) is 4.65 Å². The average Bonchev–Trinajstić information content (AvgIpc) is 3.13. The summed E-state index contributed by atoms with van der Waals surface area (Å²) in [5.74, 6) is -2.41. The Morgan fingerprint density at radius 2 is 2.05 bits per heavy atom. The number of phenolic OH excluding ortho intramolecular Hbond substituents is 1. The van der Waals surface area contributed by atoms with Crippen molar-refractivity contribution in [2.75, 3.05) is 6.54 Å². The van der Waals surface area contributed by atoms with Crippen LogP contribution in [-0.4, -0.2) is 51.6 Å². The van der Waals surface area contributed by atoms with E-state index < -0.39 is 30.7 Å². The molecule has 1 aliphatic carbocycles. The fraction of sp³-hybridized carbons (Fsp3) is 0.414. The predicted octanol–water partition coefficient (Wildman–Crippen LogP) is 4.47. The van der Waals surface area contributed by atoms with Gasteiger partial charge in [-0.3, -0.25) is 19.5 Å². The van der Waals surface area contributed by atoms with Gasteiger partial charge in [0.15, 0.2) is 11.6 Å². The van der Waals surface area contributed by atoms with Crippen molar-refractivity contribution in [1.29, 1.82) is 0 Å². The number of fused-ring (bicyclic) bond motifs is 3. The minimum absolute atomic E-state index is 0.0979. The molecule has 7 nitrogen and oxygen atoms in total. The van der Waals surface area contributed by atoms with Crippen molar-refractivity contribution in [3.8, 4) is 5.75 Å². The number of halogens is 1. The molecule has 1 aromatic heterocycles. The van der Waals surface area contributed by atoms with Gasteiger partial charge in [0, 0.05) is 12.7 Å². The SMILES string of the molecule is CCCN1C(=O)[C@@H]2[C@@H](CC(C)=C3[C@@H](CC/C(=C/c4ccc(O)c(F)c4)c4ccccn4)OB(O)C[C@@H]32)C1=O. The quantitative estimate of drug-likeness (QED) is 0.319. The maximum Gasteiger partial charge on any atom is 0.455 e. The number of benzene rings is 1. The summed E-state index contributed by atoms with van der Waals surface area (Å²) in [6, 6.07) is 9.80. The van der Waals surface area contributed by atoms with E-state index in [-0.39, 0.29) is 23.7 Å². The minimum Gasteiger partial charge on any atom is -0.505 e. The Balaban J connectivity index is 1.43. The van der Waals surface area contributed by atoms with Crippen LogP contribution in [0.3, 0.4) is 0 Å². The topological polar surface area (TPSA) is 100.0 Å². The van der Waals surface area contributed by atoms with E-state index in [9.17, 15) is 24.1 Å². The van der Waals surface area contributed by atoms with Crippen molar-refractivity contribution in [1.82, 2.24) is 9.88 Å². The first-order valence-electron chi connectivity index (χ1n) is 13.3. The summed E-state index contributed by atoms with van der Waals surface area (Å²) in [4.78, 5) is 32.2. The number of aromatic hydroxyl groups is 1. The number of imide groups is 1. The predicted molar refractivity (Wildman–Crippen MR) is 142 cm³/mol. The Hall–Kier alpha value is -3.30. The number of carbonyl (C=O) groups is 2. The summed E-state index contributed by atoms with van der Waals surface area (Å²) >= 11 is 0. The molecule has 2 fully saturated rings. The molecular formula is C29H32BFN2O5. The van der Waals surface area contributed by atoms with Crippen LogP contribution in [-0.2, 0) is 14.2 Å². The largest absolute Gasteiger partial charge is 0.505 e. The lowest BCUT2D eigenvalue weighted by molar-refractivity contribution is -0.140. The number of nitrogens with zero attached hydrogens (tertiary/aromatic N) is 2. The molecule has 3 aliphatic rings. The number of phenols is 1. The van der Waals surface area contributed by atoms with Crippen LogP contribution in [0.4, 0.5) is 4.39 Å². The van der Waals surface area contributed by atoms with E-state index in [0.717, 1.165) is 22.4 Å². The van der Waals surface area contributed by atoms with E-state index >= 15 is 0 Å². The molecule has 0 spiro atoms. The Morgan fingerprint density at radius 3 is 2.76 bits per heavy atom. The fourth-order valence-electron chi connectivity index (χ4n) is 6.36. The second-order valence-electron chi connectivity index (χ2n) is 10.5. The Bertz CT molecular complexity index is 1300. The average molecular weight is 518 g/mol. The molecule has 4 atom stereocenters. The molecule has 9 heteroatoms. The highest BCUT2D eigenvalue weighted by atomic mass is 19.1. The fourth-order valence-corrected chi connectivity index (χ4v) is 6.36. The molecule has 2 amide bonds. The first kappa shape index (κ1) is 26.3. The lowest BCUT2D eigenvalue weighted by atomic mass is 9.58. The van der Waals surface area contributed by atoms with Crippen LogP contribution in [0.15, 0.2) is 53.7 Å². The van der Waals surface area contributed by atoms with Crippen LogP contribution in [0.1, 0.15) is 50.8 Å². The molecule has 2 aromatic rings. The molecular weight excluding hydrogens is 486 g/mol. The number of likely N-dealkylation sites (tertiary alicyclic amines) is 1. The van der Waals surface area contributed by atoms with Crippen molar-refractivity contribution in [2.45, 2.75) is 52.0 Å². The standard InChI is InChI=1S/C29H32BFN2O5/c1-3-12-33-28(35)20-13-17(2)26-21(27(20)29(33)36)16-30(37)38-25(26)10-8-19(23-6-4-5-11-32-23)14-18-7-9-24(34)22(31)15-18/h4-7,9,11,14-15,20-21,25,27,34,37H,3,8,10,12-13,16H2,1-2H3/b19-14-/t20-,21+,25-,27-/m1/s1. The third-order valence-corrected chi connectivity index (χ3v) is 7.97. The molecule has 5 rings (SSSR count). The molecule has 0 saturated carbocycles. The number of allylic oxidation sites excluding steroid dienone is 2. The molecule has 0 radical (unpaired) electrons. The van der Waals surface area contributed by atoms with Crippen LogP contribution < -0.4 is 0 Å². The van der Waals surface area contributed by atoms with Crippen LogP contribution in [0.5, 0.6) is 5.75 Å². The Labute approximate surface area is 222 Å². The van der Waals surface area contributed by atoms with Crippen molar-refractivity contribution < 1.29 is 28.8 Å². The van der Waals surface area contributed by atoms with Gasteiger partial charge in [0.2, 0.25) is 11.8 Å². The van der Waals surface area contributed by atoms with Crippen molar-refractivity contribution in [3.05, 3.63) is 70.8 Å². The molecule has 198 valence electrons. The highest BCUT2D eigenvalue weighted by Crippen LogP contribution is 2.50. The van der Waals surface area contributed by atoms with Gasteiger partial charge in [0.1, 0.15) is 0 Å². The number of hydrogen-bond acceptors (Lipinski definition) is 6. The van der Waals surface area contributed by atoms with Gasteiger partial charge < -0.3 is 14.8 Å². The highest BCUT2D eigenvalue weighted by Gasteiger charge is 2.56. The van der Waals surface area contributed by atoms with Crippen molar-refractivity contribution >= 4 is 30.6 Å². The Morgan fingerprint density at radius 1 is 1.24 bits per heavy atom. The van der Waals surface area contributed by atoms with Gasteiger partial charge >= 0.3 is 7.12 Å². The summed E-state index contributed by atoms with van der Waals surface area (Å²) in [5.41, 5.74) is 4.24. The van der Waals surface area contributed by atoms with Gasteiger partial charge in [-0.1, -0.05) is 24.6 Å². The maximum atomic E-state index is 14.0. The van der Waals surface area contributed by atoms with Gasteiger partial charge in [0.05, 0.1) is 23.6 Å². The second-order valence-corrected chi connectivity index (χ2v) is 10.5. The van der Waals surface area contributed by atoms with Gasteiger partial charge in [-0.25, -0.2) is 4.39 Å². The molecule has 38 heavy (non-hydrogen) atoms. The normalized spacial score (nSPS) is 25.6. The number of rotatable bonds is 7. The Kier molecular flexibility index (Phi) is 7.50. The van der Waals surface area contributed by atoms with Gasteiger partial charge in [0.25, 0.3) is 0 Å². The molecule has 2 N–H and O–H groups in total. The second kappa shape index (κ2) is 10.8. The van der Waals surface area contributed by atoms with Gasteiger partial charge in [-0.05, 0) is 91.9 Å². The first-order valence-corrected chi connectivity index (χ1v) is 13.3. The number of pyridine rings is 1. The zero-order valence-electron chi connectivity index (χ0n) is 21.6. The van der Waals surface area contributed by atoms with E-state index in [2.05, 4.69) is 4.98 Å². The van der Waals surface area contributed by atoms with Crippen molar-refractivity contribution in [2.24, 2.45) is 17.8 Å². The highest BCUT2D eigenvalue weighted by molar-refractivity contribution is 6.43. The maximum absolute atomic E-state index is 14.0. The van der Waals surface area contributed by atoms with Crippen LogP contribution in [0.25, 0.3) is 11.6 Å². The number of amides is 2. The van der Waals surface area contributed by atoms with Crippen LogP contribution in [0.2, 0.25) is 6.32 Å². The molecule has 1 aromatic carbocycles. The summed E-state index contributed by atoms with van der Waals surface area (Å²) in [5, 5.41) is 20.2. The third-order valence-electron chi connectivity index (χ3n) is 7.97. The monoisotopic (exact) mass is 518 g/mol. The van der Waals surface area contributed by atoms with E-state index in [1.54, 1.807) is 12.3 Å². The number of carbonyl (C=O) groups excluding carboxylic acids is 2. The van der Waals surface area contributed by atoms with E-state index in [1.165, 1.54) is 17.0 Å². The lowest BCUT2D eigenvalue weighted by Gasteiger charge is -2.42. The molecule has 2 saturated heterocycles. The summed E-state index contributed by atoms with van der Waals surface area (Å²) < 4.78 is 20.0. The first-order chi connectivity index (χ1) is 18.3. The number of hydrogen-bond donors (Lipinski definition) is 2. The summed E-state index contributed by atoms with van der Waals surface area (Å²) in [6.45, 7) is 4.37.